The molecule has 0 bridgehead atoms. The van der Waals surface area contributed by atoms with Gasteiger partial charge in [-0.3, -0.25) is 4.79 Å². The molecular formula is C21H34O4. The van der Waals surface area contributed by atoms with Crippen LogP contribution in [0.2, 0.25) is 0 Å². The molecule has 0 unspecified atom stereocenters. The van der Waals surface area contributed by atoms with E-state index in [0.717, 1.165) is 55.6 Å². The van der Waals surface area contributed by atoms with Crippen molar-refractivity contribution in [3.8, 4) is 11.5 Å². The van der Waals surface area contributed by atoms with E-state index in [0.29, 0.717) is 32.7 Å². The van der Waals surface area contributed by atoms with Crippen LogP contribution in [0.5, 0.6) is 11.5 Å². The van der Waals surface area contributed by atoms with Crippen molar-refractivity contribution in [2.24, 2.45) is 0 Å². The predicted molar refractivity (Wildman–Crippen MR) is 101 cm³/mol. The van der Waals surface area contributed by atoms with Crippen molar-refractivity contribution >= 4 is 5.97 Å². The van der Waals surface area contributed by atoms with Crippen LogP contribution >= 0.6 is 0 Å². The number of carbonyl (C=O) groups is 1. The summed E-state index contributed by atoms with van der Waals surface area (Å²) in [5.41, 5.74) is 1.07. The predicted octanol–water partition coefficient (Wildman–Crippen LogP) is 5.32. The van der Waals surface area contributed by atoms with E-state index in [1.807, 2.05) is 18.2 Å². The Morgan fingerprint density at radius 2 is 1.44 bits per heavy atom. The molecule has 4 heteroatoms. The van der Waals surface area contributed by atoms with E-state index < -0.39 is 0 Å². The van der Waals surface area contributed by atoms with E-state index in [2.05, 4.69) is 20.8 Å². The summed E-state index contributed by atoms with van der Waals surface area (Å²) in [6.45, 7) is 8.27. The number of carbonyl (C=O) groups excluding carboxylic acids is 1. The van der Waals surface area contributed by atoms with Gasteiger partial charge in [-0.2, -0.15) is 0 Å². The maximum Gasteiger partial charge on any atom is 0.306 e. The second kappa shape index (κ2) is 13.6. The van der Waals surface area contributed by atoms with Crippen LogP contribution in [0.4, 0.5) is 0 Å². The lowest BCUT2D eigenvalue weighted by molar-refractivity contribution is -0.143. The lowest BCUT2D eigenvalue weighted by atomic mass is 10.1. The van der Waals surface area contributed by atoms with Gasteiger partial charge in [0.25, 0.3) is 0 Å². The number of hydrogen-bond donors (Lipinski definition) is 0. The first-order valence-corrected chi connectivity index (χ1v) is 9.75. The molecular weight excluding hydrogens is 316 g/mol. The van der Waals surface area contributed by atoms with Crippen LogP contribution in [0, 0.1) is 0 Å². The Balaban J connectivity index is 2.60. The van der Waals surface area contributed by atoms with Gasteiger partial charge < -0.3 is 14.2 Å². The highest BCUT2D eigenvalue weighted by atomic mass is 16.5. The Hall–Kier alpha value is -1.71. The number of aryl methyl sites for hydroxylation is 1. The molecule has 0 aliphatic rings. The molecule has 0 radical (unpaired) electrons. The molecule has 4 nitrogen and oxygen atoms in total. The normalized spacial score (nSPS) is 10.5. The standard InChI is InChI=1S/C21H34O4/c1-4-7-14-23-19-12-10-18(17-20(19)24-15-8-5-2)11-13-21(22)25-16-9-6-3/h10,12,17H,4-9,11,13-16H2,1-3H3. The first kappa shape index (κ1) is 21.3. The van der Waals surface area contributed by atoms with Crippen LogP contribution < -0.4 is 9.47 Å². The fourth-order valence-corrected chi connectivity index (χ4v) is 2.24. The molecule has 142 valence electrons. The van der Waals surface area contributed by atoms with Gasteiger partial charge in [0.2, 0.25) is 0 Å². The largest absolute Gasteiger partial charge is 0.490 e. The Morgan fingerprint density at radius 3 is 2.08 bits per heavy atom. The molecule has 0 aliphatic carbocycles. The summed E-state index contributed by atoms with van der Waals surface area (Å²) >= 11 is 0. The van der Waals surface area contributed by atoms with Crippen molar-refractivity contribution < 1.29 is 19.0 Å². The topological polar surface area (TPSA) is 44.8 Å². The summed E-state index contributed by atoms with van der Waals surface area (Å²) in [6, 6.07) is 5.96. The van der Waals surface area contributed by atoms with Crippen molar-refractivity contribution in [3.05, 3.63) is 23.8 Å². The van der Waals surface area contributed by atoms with E-state index >= 15 is 0 Å². The van der Waals surface area contributed by atoms with Crippen LogP contribution in [0.15, 0.2) is 18.2 Å². The fourth-order valence-electron chi connectivity index (χ4n) is 2.24. The molecule has 1 rings (SSSR count). The van der Waals surface area contributed by atoms with E-state index in [9.17, 15) is 4.79 Å². The van der Waals surface area contributed by atoms with Gasteiger partial charge in [-0.05, 0) is 43.4 Å². The van der Waals surface area contributed by atoms with Gasteiger partial charge >= 0.3 is 5.97 Å². The van der Waals surface area contributed by atoms with Gasteiger partial charge in [-0.1, -0.05) is 46.1 Å². The summed E-state index contributed by atoms with van der Waals surface area (Å²) < 4.78 is 16.9. The number of benzene rings is 1. The summed E-state index contributed by atoms with van der Waals surface area (Å²) in [7, 11) is 0. The summed E-state index contributed by atoms with van der Waals surface area (Å²) in [5, 5.41) is 0. The van der Waals surface area contributed by atoms with Crippen LogP contribution in [-0.2, 0) is 16.0 Å². The van der Waals surface area contributed by atoms with E-state index in [4.69, 9.17) is 14.2 Å². The van der Waals surface area contributed by atoms with Crippen molar-refractivity contribution in [2.75, 3.05) is 19.8 Å². The molecule has 1 aromatic rings. The first-order valence-electron chi connectivity index (χ1n) is 9.75. The molecule has 0 spiro atoms. The second-order valence-electron chi connectivity index (χ2n) is 6.26. The van der Waals surface area contributed by atoms with Gasteiger partial charge in [0.15, 0.2) is 11.5 Å². The second-order valence-corrected chi connectivity index (χ2v) is 6.26. The Bertz CT molecular complexity index is 485. The quantitative estimate of drug-likeness (QED) is 0.336. The van der Waals surface area contributed by atoms with Gasteiger partial charge in [0.1, 0.15) is 0 Å². The maximum absolute atomic E-state index is 11.8. The van der Waals surface area contributed by atoms with Gasteiger partial charge in [-0.25, -0.2) is 0 Å². The third-order valence-corrected chi connectivity index (χ3v) is 3.90. The molecule has 1 aromatic carbocycles. The smallest absolute Gasteiger partial charge is 0.306 e. The summed E-state index contributed by atoms with van der Waals surface area (Å²) in [4.78, 5) is 11.8. The highest BCUT2D eigenvalue weighted by Crippen LogP contribution is 2.29. The van der Waals surface area contributed by atoms with Crippen molar-refractivity contribution in [3.63, 3.8) is 0 Å². The minimum absolute atomic E-state index is 0.134. The zero-order valence-electron chi connectivity index (χ0n) is 16.1. The molecule has 0 saturated carbocycles. The third kappa shape index (κ3) is 9.37. The Morgan fingerprint density at radius 1 is 0.840 bits per heavy atom. The maximum atomic E-state index is 11.8. The third-order valence-electron chi connectivity index (χ3n) is 3.90. The molecule has 0 saturated heterocycles. The van der Waals surface area contributed by atoms with Crippen LogP contribution in [0.25, 0.3) is 0 Å². The molecule has 0 atom stereocenters. The molecule has 25 heavy (non-hydrogen) atoms. The zero-order valence-corrected chi connectivity index (χ0v) is 16.1. The highest BCUT2D eigenvalue weighted by molar-refractivity contribution is 5.69. The average molecular weight is 350 g/mol. The summed E-state index contributed by atoms with van der Waals surface area (Å²) in [5.74, 6) is 1.44. The Kier molecular flexibility index (Phi) is 11.6. The minimum Gasteiger partial charge on any atom is -0.490 e. The van der Waals surface area contributed by atoms with Crippen LogP contribution in [0.3, 0.4) is 0 Å². The average Bonchev–Trinajstić information content (AvgIpc) is 2.62. The van der Waals surface area contributed by atoms with E-state index in [1.54, 1.807) is 0 Å². The van der Waals surface area contributed by atoms with Gasteiger partial charge in [0.05, 0.1) is 19.8 Å². The van der Waals surface area contributed by atoms with Gasteiger partial charge in [0, 0.05) is 6.42 Å². The molecule has 0 amide bonds. The number of ether oxygens (including phenoxy) is 3. The van der Waals surface area contributed by atoms with Gasteiger partial charge in [-0.15, -0.1) is 0 Å². The van der Waals surface area contributed by atoms with E-state index in [1.165, 1.54) is 0 Å². The van der Waals surface area contributed by atoms with Crippen molar-refractivity contribution in [1.82, 2.24) is 0 Å². The minimum atomic E-state index is -0.134. The highest BCUT2D eigenvalue weighted by Gasteiger charge is 2.09. The van der Waals surface area contributed by atoms with Crippen molar-refractivity contribution in [2.45, 2.75) is 72.1 Å². The number of esters is 1. The molecule has 0 fully saturated rings. The summed E-state index contributed by atoms with van der Waals surface area (Å²) in [6.07, 6.45) is 7.25. The van der Waals surface area contributed by atoms with Crippen molar-refractivity contribution in [1.29, 1.82) is 0 Å². The van der Waals surface area contributed by atoms with Crippen LogP contribution in [0.1, 0.15) is 71.3 Å². The number of hydrogen-bond acceptors (Lipinski definition) is 4. The van der Waals surface area contributed by atoms with Crippen LogP contribution in [-0.4, -0.2) is 25.8 Å². The number of rotatable bonds is 14. The lowest BCUT2D eigenvalue weighted by Crippen LogP contribution is -2.07. The van der Waals surface area contributed by atoms with E-state index in [-0.39, 0.29) is 5.97 Å². The Labute approximate surface area is 152 Å². The molecule has 0 N–H and O–H groups in total. The SMILES string of the molecule is CCCCOC(=O)CCc1ccc(OCCCC)c(OCCCC)c1. The molecule has 0 aliphatic heterocycles. The monoisotopic (exact) mass is 350 g/mol. The fraction of sp³-hybridized carbons (Fsp3) is 0.667. The first-order chi connectivity index (χ1) is 12.2. The lowest BCUT2D eigenvalue weighted by Gasteiger charge is -2.14. The zero-order chi connectivity index (χ0) is 18.3. The molecule has 0 aromatic heterocycles. The molecule has 0 heterocycles. The number of unbranched alkanes of at least 4 members (excludes halogenated alkanes) is 3.